The summed E-state index contributed by atoms with van der Waals surface area (Å²) < 4.78 is 3.75. The summed E-state index contributed by atoms with van der Waals surface area (Å²) in [5.74, 6) is 0. The zero-order valence-corrected chi connectivity index (χ0v) is 9.45. The highest BCUT2D eigenvalue weighted by atomic mass is 32.1. The van der Waals surface area contributed by atoms with Gasteiger partial charge in [0.05, 0.1) is 0 Å². The molecule has 0 amide bonds. The lowest BCUT2D eigenvalue weighted by atomic mass is 10.0. The third-order valence-electron chi connectivity index (χ3n) is 2.22. The van der Waals surface area contributed by atoms with Gasteiger partial charge in [-0.2, -0.15) is 0 Å². The maximum Gasteiger partial charge on any atom is 0.124 e. The van der Waals surface area contributed by atoms with Gasteiger partial charge in [0, 0.05) is 5.38 Å². The Labute approximate surface area is 92.6 Å². The van der Waals surface area contributed by atoms with Crippen LogP contribution in [0, 0.1) is 13.8 Å². The molecule has 0 saturated carbocycles. The summed E-state index contributed by atoms with van der Waals surface area (Å²) in [6, 6.07) is 6.02. The second kappa shape index (κ2) is 4.08. The number of hydrogen-bond donors (Lipinski definition) is 1. The summed E-state index contributed by atoms with van der Waals surface area (Å²) >= 11 is 1.25. The van der Waals surface area contributed by atoms with E-state index in [-0.39, 0.29) is 0 Å². The highest BCUT2D eigenvalue weighted by Gasteiger charge is 2.13. The molecule has 0 aliphatic rings. The summed E-state index contributed by atoms with van der Waals surface area (Å²) in [4.78, 5) is 0. The molecule has 1 aromatic carbocycles. The summed E-state index contributed by atoms with van der Waals surface area (Å²) in [7, 11) is 0. The maximum absolute atomic E-state index is 10.0. The first-order chi connectivity index (χ1) is 7.16. The van der Waals surface area contributed by atoms with E-state index in [4.69, 9.17) is 0 Å². The predicted octanol–water partition coefficient (Wildman–Crippen LogP) is 2.24. The van der Waals surface area contributed by atoms with Crippen LogP contribution in [0.5, 0.6) is 0 Å². The third-order valence-corrected chi connectivity index (χ3v) is 2.74. The molecule has 1 aromatic heterocycles. The lowest BCUT2D eigenvalue weighted by Gasteiger charge is -2.09. The van der Waals surface area contributed by atoms with Gasteiger partial charge in [0.15, 0.2) is 0 Å². The van der Waals surface area contributed by atoms with Crippen molar-refractivity contribution in [2.45, 2.75) is 20.0 Å². The number of aliphatic hydroxyl groups is 1. The molecule has 0 saturated heterocycles. The van der Waals surface area contributed by atoms with Crippen LogP contribution in [0.1, 0.15) is 28.5 Å². The van der Waals surface area contributed by atoms with Crippen molar-refractivity contribution in [1.29, 1.82) is 0 Å². The first-order valence-electron chi connectivity index (χ1n) is 4.70. The Morgan fingerprint density at radius 1 is 1.20 bits per heavy atom. The first-order valence-corrected chi connectivity index (χ1v) is 5.53. The van der Waals surface area contributed by atoms with Gasteiger partial charge in [-0.15, -0.1) is 5.10 Å². The van der Waals surface area contributed by atoms with E-state index in [1.807, 2.05) is 26.0 Å². The van der Waals surface area contributed by atoms with Crippen LogP contribution in [0.25, 0.3) is 0 Å². The number of aromatic nitrogens is 2. The number of aliphatic hydroxyl groups excluding tert-OH is 1. The van der Waals surface area contributed by atoms with E-state index in [1.54, 1.807) is 5.38 Å². The molecule has 0 spiro atoms. The maximum atomic E-state index is 10.0. The molecule has 78 valence electrons. The highest BCUT2D eigenvalue weighted by Crippen LogP contribution is 2.22. The van der Waals surface area contributed by atoms with Crippen molar-refractivity contribution in [3.05, 3.63) is 46.0 Å². The summed E-state index contributed by atoms with van der Waals surface area (Å²) in [6.45, 7) is 4.03. The van der Waals surface area contributed by atoms with Gasteiger partial charge in [0.1, 0.15) is 11.8 Å². The SMILES string of the molecule is Cc1cc(C)cc(C(O)c2csnn2)c1. The molecular formula is C11H12N2OS. The molecule has 2 aromatic rings. The third kappa shape index (κ3) is 2.22. The van der Waals surface area contributed by atoms with Gasteiger partial charge >= 0.3 is 0 Å². The molecule has 3 nitrogen and oxygen atoms in total. The summed E-state index contributed by atoms with van der Waals surface area (Å²) in [5, 5.41) is 15.7. The quantitative estimate of drug-likeness (QED) is 0.844. The Bertz CT molecular complexity index is 433. The molecule has 0 aliphatic heterocycles. The van der Waals surface area contributed by atoms with Gasteiger partial charge < -0.3 is 5.11 Å². The molecule has 0 radical (unpaired) electrons. The second-order valence-corrected chi connectivity index (χ2v) is 4.26. The molecule has 0 fully saturated rings. The molecular weight excluding hydrogens is 208 g/mol. The lowest BCUT2D eigenvalue weighted by Crippen LogP contribution is -2.01. The van der Waals surface area contributed by atoms with Gasteiger partial charge in [0.25, 0.3) is 0 Å². The number of nitrogens with zero attached hydrogens (tertiary/aromatic N) is 2. The van der Waals surface area contributed by atoms with Crippen LogP contribution in [-0.4, -0.2) is 14.7 Å². The van der Waals surface area contributed by atoms with Crippen LogP contribution in [0.4, 0.5) is 0 Å². The normalized spacial score (nSPS) is 12.7. The molecule has 1 atom stereocenters. The van der Waals surface area contributed by atoms with Gasteiger partial charge in [0.2, 0.25) is 0 Å². The van der Waals surface area contributed by atoms with Crippen LogP contribution in [0.2, 0.25) is 0 Å². The molecule has 1 heterocycles. The standard InChI is InChI=1S/C11H12N2OS/c1-7-3-8(2)5-9(4-7)11(14)10-6-15-13-12-10/h3-6,11,14H,1-2H3. The predicted molar refractivity (Wildman–Crippen MR) is 59.9 cm³/mol. The van der Waals surface area contributed by atoms with E-state index in [0.29, 0.717) is 5.69 Å². The monoisotopic (exact) mass is 220 g/mol. The Morgan fingerprint density at radius 2 is 1.87 bits per heavy atom. The van der Waals surface area contributed by atoms with Crippen LogP contribution >= 0.6 is 11.5 Å². The largest absolute Gasteiger partial charge is 0.382 e. The minimum Gasteiger partial charge on any atom is -0.382 e. The molecule has 4 heteroatoms. The van der Waals surface area contributed by atoms with Gasteiger partial charge in [-0.3, -0.25) is 0 Å². The number of hydrogen-bond acceptors (Lipinski definition) is 4. The van der Waals surface area contributed by atoms with Crippen LogP contribution < -0.4 is 0 Å². The molecule has 1 unspecified atom stereocenters. The Hall–Kier alpha value is -1.26. The fraction of sp³-hybridized carbons (Fsp3) is 0.273. The highest BCUT2D eigenvalue weighted by molar-refractivity contribution is 7.03. The fourth-order valence-electron chi connectivity index (χ4n) is 1.63. The van der Waals surface area contributed by atoms with E-state index < -0.39 is 6.10 Å². The van der Waals surface area contributed by atoms with Crippen LogP contribution in [0.3, 0.4) is 0 Å². The molecule has 0 aliphatic carbocycles. The topological polar surface area (TPSA) is 46.0 Å². The van der Waals surface area contributed by atoms with E-state index in [0.717, 1.165) is 16.7 Å². The van der Waals surface area contributed by atoms with Crippen LogP contribution in [-0.2, 0) is 0 Å². The zero-order chi connectivity index (χ0) is 10.8. The smallest absolute Gasteiger partial charge is 0.124 e. The zero-order valence-electron chi connectivity index (χ0n) is 8.64. The van der Waals surface area contributed by atoms with E-state index in [2.05, 4.69) is 15.7 Å². The fourth-order valence-corrected chi connectivity index (χ4v) is 2.10. The van der Waals surface area contributed by atoms with Crippen molar-refractivity contribution in [3.63, 3.8) is 0 Å². The minimum absolute atomic E-state index is 0.616. The summed E-state index contributed by atoms with van der Waals surface area (Å²) in [6.07, 6.45) is -0.664. The average Bonchev–Trinajstić information content (AvgIpc) is 2.67. The molecule has 2 rings (SSSR count). The van der Waals surface area contributed by atoms with Crippen molar-refractivity contribution < 1.29 is 5.11 Å². The molecule has 0 bridgehead atoms. The van der Waals surface area contributed by atoms with E-state index in [9.17, 15) is 5.11 Å². The summed E-state index contributed by atoms with van der Waals surface area (Å²) in [5.41, 5.74) is 3.78. The van der Waals surface area contributed by atoms with Crippen LogP contribution in [0.15, 0.2) is 23.6 Å². The van der Waals surface area contributed by atoms with E-state index in [1.165, 1.54) is 11.5 Å². The second-order valence-electron chi connectivity index (χ2n) is 3.65. The first kappa shape index (κ1) is 10.3. The average molecular weight is 220 g/mol. The number of benzene rings is 1. The molecule has 15 heavy (non-hydrogen) atoms. The Morgan fingerprint density at radius 3 is 2.40 bits per heavy atom. The Kier molecular flexibility index (Phi) is 2.79. The lowest BCUT2D eigenvalue weighted by molar-refractivity contribution is 0.215. The van der Waals surface area contributed by atoms with Crippen molar-refractivity contribution >= 4 is 11.5 Å². The Balaban J connectivity index is 2.37. The minimum atomic E-state index is -0.664. The van der Waals surface area contributed by atoms with E-state index >= 15 is 0 Å². The van der Waals surface area contributed by atoms with Gasteiger partial charge in [-0.25, -0.2) is 0 Å². The van der Waals surface area contributed by atoms with Crippen molar-refractivity contribution in [2.24, 2.45) is 0 Å². The van der Waals surface area contributed by atoms with Crippen molar-refractivity contribution in [3.8, 4) is 0 Å². The number of aryl methyl sites for hydroxylation is 2. The van der Waals surface area contributed by atoms with Gasteiger partial charge in [-0.1, -0.05) is 33.8 Å². The van der Waals surface area contributed by atoms with Gasteiger partial charge in [-0.05, 0) is 30.9 Å². The van der Waals surface area contributed by atoms with Crippen molar-refractivity contribution in [1.82, 2.24) is 9.59 Å². The molecule has 1 N–H and O–H groups in total. The van der Waals surface area contributed by atoms with Crippen molar-refractivity contribution in [2.75, 3.05) is 0 Å². The number of rotatable bonds is 2.